The molecule has 0 unspecified atom stereocenters. The van der Waals surface area contributed by atoms with Gasteiger partial charge in [-0.2, -0.15) is 0 Å². The van der Waals surface area contributed by atoms with Gasteiger partial charge in [-0.1, -0.05) is 11.6 Å². The van der Waals surface area contributed by atoms with Gasteiger partial charge in [0.15, 0.2) is 5.76 Å². The van der Waals surface area contributed by atoms with E-state index in [9.17, 15) is 9.18 Å². The first-order valence-corrected chi connectivity index (χ1v) is 7.09. The van der Waals surface area contributed by atoms with Crippen LogP contribution in [0.15, 0.2) is 40.8 Å². The van der Waals surface area contributed by atoms with Gasteiger partial charge in [0, 0.05) is 21.7 Å². The summed E-state index contributed by atoms with van der Waals surface area (Å²) in [4.78, 5) is 12.4. The van der Waals surface area contributed by atoms with E-state index < -0.39 is 0 Å². The van der Waals surface area contributed by atoms with Crippen molar-refractivity contribution in [1.82, 2.24) is 0 Å². The van der Waals surface area contributed by atoms with E-state index in [0.29, 0.717) is 27.2 Å². The lowest BCUT2D eigenvalue weighted by Crippen LogP contribution is -2.12. The summed E-state index contributed by atoms with van der Waals surface area (Å²) < 4.78 is 18.9. The number of benzene rings is 2. The Balaban J connectivity index is 1.97. The number of hydrogen-bond donors (Lipinski definition) is 1. The van der Waals surface area contributed by atoms with E-state index in [1.165, 1.54) is 18.2 Å². The average molecular weight is 318 g/mol. The van der Waals surface area contributed by atoms with Gasteiger partial charge in [-0.25, -0.2) is 4.39 Å². The maximum atomic E-state index is 13.3. The normalized spacial score (nSPS) is 10.9. The first kappa shape index (κ1) is 14.6. The van der Waals surface area contributed by atoms with Crippen LogP contribution in [0.1, 0.15) is 21.7 Å². The van der Waals surface area contributed by atoms with E-state index >= 15 is 0 Å². The van der Waals surface area contributed by atoms with E-state index in [4.69, 9.17) is 16.0 Å². The highest BCUT2D eigenvalue weighted by atomic mass is 35.5. The van der Waals surface area contributed by atoms with Crippen molar-refractivity contribution in [2.75, 3.05) is 5.32 Å². The van der Waals surface area contributed by atoms with Crippen LogP contribution in [0.4, 0.5) is 10.1 Å². The number of halogens is 2. The lowest BCUT2D eigenvalue weighted by molar-refractivity contribution is 0.0998. The number of furan rings is 1. The molecule has 0 fully saturated rings. The van der Waals surface area contributed by atoms with E-state index in [1.54, 1.807) is 25.1 Å². The Kier molecular flexibility index (Phi) is 3.62. The molecule has 5 heteroatoms. The van der Waals surface area contributed by atoms with Crippen LogP contribution in [0, 0.1) is 19.7 Å². The third-order valence-electron chi connectivity index (χ3n) is 3.54. The zero-order valence-electron chi connectivity index (χ0n) is 12.0. The quantitative estimate of drug-likeness (QED) is 0.715. The number of fused-ring (bicyclic) bond motifs is 1. The zero-order chi connectivity index (χ0) is 15.9. The van der Waals surface area contributed by atoms with Crippen molar-refractivity contribution in [3.63, 3.8) is 0 Å². The Labute approximate surface area is 131 Å². The number of carbonyl (C=O) groups excluding carboxylic acids is 1. The summed E-state index contributed by atoms with van der Waals surface area (Å²) in [6.07, 6.45) is 0. The number of aryl methyl sites for hydroxylation is 2. The molecule has 112 valence electrons. The second-order valence-corrected chi connectivity index (χ2v) is 5.55. The molecule has 0 saturated heterocycles. The van der Waals surface area contributed by atoms with Gasteiger partial charge in [0.25, 0.3) is 5.91 Å². The fraction of sp³-hybridized carbons (Fsp3) is 0.118. The number of rotatable bonds is 2. The second kappa shape index (κ2) is 5.46. The summed E-state index contributed by atoms with van der Waals surface area (Å²) in [5.74, 6) is -0.564. The number of nitrogens with one attached hydrogen (secondary N) is 1. The SMILES string of the molecule is Cc1cc(Cl)ccc1NC(=O)c1oc2ccc(F)cc2c1C. The van der Waals surface area contributed by atoms with Crippen molar-refractivity contribution in [2.24, 2.45) is 0 Å². The standard InChI is InChI=1S/C17H13ClFNO2/c1-9-7-11(18)3-5-14(9)20-17(21)16-10(2)13-8-12(19)4-6-15(13)22-16/h3-8H,1-2H3,(H,20,21). The molecule has 0 atom stereocenters. The fourth-order valence-corrected chi connectivity index (χ4v) is 2.58. The highest BCUT2D eigenvalue weighted by Gasteiger charge is 2.18. The van der Waals surface area contributed by atoms with Gasteiger partial charge in [-0.05, 0) is 55.8 Å². The van der Waals surface area contributed by atoms with Crippen LogP contribution in [-0.2, 0) is 0 Å². The maximum Gasteiger partial charge on any atom is 0.291 e. The number of anilines is 1. The minimum absolute atomic E-state index is 0.176. The van der Waals surface area contributed by atoms with Crippen molar-refractivity contribution >= 4 is 34.2 Å². The number of carbonyl (C=O) groups is 1. The molecule has 2 aromatic carbocycles. The summed E-state index contributed by atoms with van der Waals surface area (Å²) in [7, 11) is 0. The minimum Gasteiger partial charge on any atom is -0.451 e. The molecule has 0 saturated carbocycles. The summed E-state index contributed by atoms with van der Waals surface area (Å²) in [5.41, 5.74) is 2.59. The highest BCUT2D eigenvalue weighted by molar-refractivity contribution is 6.30. The molecule has 1 amide bonds. The van der Waals surface area contributed by atoms with Crippen molar-refractivity contribution in [3.05, 3.63) is 64.1 Å². The zero-order valence-corrected chi connectivity index (χ0v) is 12.8. The van der Waals surface area contributed by atoms with E-state index in [-0.39, 0.29) is 17.5 Å². The summed E-state index contributed by atoms with van der Waals surface area (Å²) in [6, 6.07) is 9.37. The second-order valence-electron chi connectivity index (χ2n) is 5.11. The van der Waals surface area contributed by atoms with Crippen molar-refractivity contribution in [1.29, 1.82) is 0 Å². The summed E-state index contributed by atoms with van der Waals surface area (Å²) in [6.45, 7) is 3.58. The molecule has 0 aliphatic rings. The minimum atomic E-state index is -0.375. The van der Waals surface area contributed by atoms with Crippen LogP contribution in [0.2, 0.25) is 5.02 Å². The Bertz CT molecular complexity index is 886. The summed E-state index contributed by atoms with van der Waals surface area (Å²) in [5, 5.41) is 3.98. The predicted octanol–water partition coefficient (Wildman–Crippen LogP) is 5.09. The number of amides is 1. The van der Waals surface area contributed by atoms with Gasteiger partial charge in [0.2, 0.25) is 0 Å². The topological polar surface area (TPSA) is 42.2 Å². The van der Waals surface area contributed by atoms with Gasteiger partial charge in [-0.15, -0.1) is 0 Å². The monoisotopic (exact) mass is 317 g/mol. The Morgan fingerprint density at radius 3 is 2.68 bits per heavy atom. The third kappa shape index (κ3) is 2.57. The van der Waals surface area contributed by atoms with Gasteiger partial charge in [0.1, 0.15) is 11.4 Å². The largest absolute Gasteiger partial charge is 0.451 e. The molecule has 3 rings (SSSR count). The lowest BCUT2D eigenvalue weighted by Gasteiger charge is -2.07. The van der Waals surface area contributed by atoms with Crippen molar-refractivity contribution < 1.29 is 13.6 Å². The van der Waals surface area contributed by atoms with Crippen LogP contribution >= 0.6 is 11.6 Å². The van der Waals surface area contributed by atoms with Crippen molar-refractivity contribution in [3.8, 4) is 0 Å². The number of hydrogen-bond acceptors (Lipinski definition) is 2. The van der Waals surface area contributed by atoms with Crippen LogP contribution in [-0.4, -0.2) is 5.91 Å². The molecular weight excluding hydrogens is 305 g/mol. The molecule has 1 aromatic heterocycles. The Morgan fingerprint density at radius 2 is 1.95 bits per heavy atom. The van der Waals surface area contributed by atoms with Crippen LogP contribution in [0.5, 0.6) is 0 Å². The van der Waals surface area contributed by atoms with Crippen LogP contribution in [0.25, 0.3) is 11.0 Å². The fourth-order valence-electron chi connectivity index (χ4n) is 2.36. The molecule has 22 heavy (non-hydrogen) atoms. The first-order chi connectivity index (χ1) is 10.5. The Hall–Kier alpha value is -2.33. The van der Waals surface area contributed by atoms with Crippen molar-refractivity contribution in [2.45, 2.75) is 13.8 Å². The van der Waals surface area contributed by atoms with Gasteiger partial charge >= 0.3 is 0 Å². The predicted molar refractivity (Wildman–Crippen MR) is 85.1 cm³/mol. The molecule has 3 nitrogen and oxygen atoms in total. The van der Waals surface area contributed by atoms with Gasteiger partial charge in [0.05, 0.1) is 0 Å². The molecule has 0 spiro atoms. The smallest absolute Gasteiger partial charge is 0.291 e. The molecule has 0 radical (unpaired) electrons. The highest BCUT2D eigenvalue weighted by Crippen LogP contribution is 2.27. The average Bonchev–Trinajstić information content (AvgIpc) is 2.79. The van der Waals surface area contributed by atoms with E-state index in [1.807, 2.05) is 6.92 Å². The summed E-state index contributed by atoms with van der Waals surface area (Å²) >= 11 is 5.90. The molecule has 0 bridgehead atoms. The third-order valence-corrected chi connectivity index (χ3v) is 3.78. The Morgan fingerprint density at radius 1 is 1.18 bits per heavy atom. The van der Waals surface area contributed by atoms with E-state index in [0.717, 1.165) is 5.56 Å². The molecule has 0 aliphatic heterocycles. The van der Waals surface area contributed by atoms with Gasteiger partial charge < -0.3 is 9.73 Å². The molecule has 1 N–H and O–H groups in total. The lowest BCUT2D eigenvalue weighted by atomic mass is 10.1. The maximum absolute atomic E-state index is 13.3. The molecular formula is C17H13ClFNO2. The van der Waals surface area contributed by atoms with Crippen LogP contribution < -0.4 is 5.32 Å². The molecule has 3 aromatic rings. The first-order valence-electron chi connectivity index (χ1n) is 6.72. The van der Waals surface area contributed by atoms with Crippen LogP contribution in [0.3, 0.4) is 0 Å². The van der Waals surface area contributed by atoms with Gasteiger partial charge in [-0.3, -0.25) is 4.79 Å². The molecule has 0 aliphatic carbocycles. The molecule has 1 heterocycles. The van der Waals surface area contributed by atoms with E-state index in [2.05, 4.69) is 5.32 Å².